The largest absolute Gasteiger partial charge is 0.468 e. The first kappa shape index (κ1) is 26.2. The number of aromatic nitrogens is 1. The molecule has 1 saturated heterocycles. The van der Waals surface area contributed by atoms with Crippen molar-refractivity contribution in [2.45, 2.75) is 56.7 Å². The Labute approximate surface area is 210 Å². The number of anilines is 1. The second kappa shape index (κ2) is 11.0. The number of oxazole rings is 1. The van der Waals surface area contributed by atoms with Crippen molar-refractivity contribution < 1.29 is 26.6 Å². The van der Waals surface area contributed by atoms with Crippen molar-refractivity contribution in [3.8, 4) is 17.3 Å². The van der Waals surface area contributed by atoms with Gasteiger partial charge in [-0.2, -0.15) is 18.4 Å². The summed E-state index contributed by atoms with van der Waals surface area (Å²) >= 11 is 0. The van der Waals surface area contributed by atoms with Gasteiger partial charge in [-0.3, -0.25) is 9.00 Å². The molecule has 0 spiro atoms. The molecular weight excluding hydrogens is 493 g/mol. The minimum Gasteiger partial charge on any atom is -0.441 e. The van der Waals surface area contributed by atoms with E-state index in [0.29, 0.717) is 30.2 Å². The number of nitriles is 1. The van der Waals surface area contributed by atoms with Crippen LogP contribution in [0.2, 0.25) is 0 Å². The van der Waals surface area contributed by atoms with Crippen LogP contribution < -0.4 is 10.2 Å². The molecule has 3 aliphatic rings. The summed E-state index contributed by atoms with van der Waals surface area (Å²) < 4.78 is 53.2. The van der Waals surface area contributed by atoms with Crippen LogP contribution in [0.4, 0.5) is 18.9 Å². The van der Waals surface area contributed by atoms with Gasteiger partial charge in [0.1, 0.15) is 17.5 Å². The minimum absolute atomic E-state index is 0.115. The summed E-state index contributed by atoms with van der Waals surface area (Å²) in [5.74, 6) is 0.323. The molecule has 36 heavy (non-hydrogen) atoms. The van der Waals surface area contributed by atoms with E-state index in [1.165, 1.54) is 6.42 Å². The van der Waals surface area contributed by atoms with E-state index in [0.717, 1.165) is 50.5 Å². The summed E-state index contributed by atoms with van der Waals surface area (Å²) in [5, 5.41) is 11.7. The van der Waals surface area contributed by atoms with Crippen molar-refractivity contribution in [1.29, 1.82) is 5.26 Å². The lowest BCUT2D eigenvalue weighted by Crippen LogP contribution is -2.40. The molecule has 3 fully saturated rings. The van der Waals surface area contributed by atoms with Gasteiger partial charge in [0.05, 0.1) is 6.07 Å². The van der Waals surface area contributed by atoms with E-state index < -0.39 is 28.4 Å². The molecule has 2 saturated carbocycles. The van der Waals surface area contributed by atoms with E-state index in [-0.39, 0.29) is 17.5 Å². The molecule has 2 aromatic rings. The van der Waals surface area contributed by atoms with Gasteiger partial charge in [-0.25, -0.2) is 4.98 Å². The highest BCUT2D eigenvalue weighted by molar-refractivity contribution is 7.85. The first-order valence-corrected chi connectivity index (χ1v) is 13.6. The summed E-state index contributed by atoms with van der Waals surface area (Å²) in [6.07, 6.45) is 3.69. The molecule has 0 radical (unpaired) electrons. The van der Waals surface area contributed by atoms with E-state index in [4.69, 9.17) is 5.26 Å². The van der Waals surface area contributed by atoms with Crippen LogP contribution in [0, 0.1) is 17.2 Å². The monoisotopic (exact) mass is 522 g/mol. The maximum absolute atomic E-state index is 12.5. The average molecular weight is 523 g/mol. The third-order valence-corrected chi connectivity index (χ3v) is 8.03. The maximum Gasteiger partial charge on any atom is 0.468 e. The molecule has 2 heterocycles. The Morgan fingerprint density at radius 1 is 1.14 bits per heavy atom. The van der Waals surface area contributed by atoms with Crippen LogP contribution in [-0.2, 0) is 21.8 Å². The van der Waals surface area contributed by atoms with E-state index in [2.05, 4.69) is 25.7 Å². The first-order chi connectivity index (χ1) is 17.2. The third kappa shape index (κ3) is 6.66. The van der Waals surface area contributed by atoms with Crippen molar-refractivity contribution in [3.63, 3.8) is 0 Å². The predicted octanol–water partition coefficient (Wildman–Crippen LogP) is 4.67. The molecule has 1 N–H and O–H groups in total. The van der Waals surface area contributed by atoms with Crippen molar-refractivity contribution in [2.24, 2.45) is 5.92 Å². The number of hydrogen-bond donors (Lipinski definition) is 1. The van der Waals surface area contributed by atoms with Crippen LogP contribution in [0.25, 0.3) is 11.3 Å². The molecule has 0 atom stereocenters. The van der Waals surface area contributed by atoms with Gasteiger partial charge in [0, 0.05) is 52.6 Å². The molecule has 5 rings (SSSR count). The van der Waals surface area contributed by atoms with Crippen molar-refractivity contribution in [3.05, 3.63) is 36.4 Å². The number of hydrogen-bond acceptors (Lipinski definition) is 6. The standard InChI is InChI=1S/C14H13F3N2O2S.C11H16N2O/c15-14(16,17)13-18-12(9-21-13)10-1-3-11(4-2-10)19-5-7-22(20)8-6-19;12-8-11(6-7-11)13-10(14)9-4-2-1-3-5-9/h1-4,9H,5-8H2;9H,1-7H2,(H,13,14). The molecule has 1 aliphatic heterocycles. The van der Waals surface area contributed by atoms with E-state index in [1.54, 1.807) is 12.1 Å². The van der Waals surface area contributed by atoms with E-state index in [1.807, 2.05) is 12.1 Å². The first-order valence-electron chi connectivity index (χ1n) is 12.2. The van der Waals surface area contributed by atoms with Gasteiger partial charge in [-0.15, -0.1) is 0 Å². The fourth-order valence-corrected chi connectivity index (χ4v) is 5.42. The quantitative estimate of drug-likeness (QED) is 0.627. The highest BCUT2D eigenvalue weighted by atomic mass is 32.2. The Balaban J connectivity index is 0.000000187. The van der Waals surface area contributed by atoms with Gasteiger partial charge < -0.3 is 14.6 Å². The maximum atomic E-state index is 12.5. The molecule has 11 heteroatoms. The number of benzene rings is 1. The number of carbonyl (C=O) groups is 1. The van der Waals surface area contributed by atoms with Crippen LogP contribution >= 0.6 is 0 Å². The van der Waals surface area contributed by atoms with Gasteiger partial charge in [-0.1, -0.05) is 31.4 Å². The van der Waals surface area contributed by atoms with Crippen molar-refractivity contribution >= 4 is 22.4 Å². The zero-order valence-electron chi connectivity index (χ0n) is 19.9. The molecular formula is C25H29F3N4O3S. The molecule has 1 aromatic heterocycles. The predicted molar refractivity (Wildman–Crippen MR) is 129 cm³/mol. The van der Waals surface area contributed by atoms with Gasteiger partial charge in [0.15, 0.2) is 0 Å². The molecule has 0 unspecified atom stereocenters. The van der Waals surface area contributed by atoms with E-state index in [9.17, 15) is 22.2 Å². The van der Waals surface area contributed by atoms with Crippen LogP contribution in [-0.4, -0.2) is 45.2 Å². The smallest absolute Gasteiger partial charge is 0.441 e. The van der Waals surface area contributed by atoms with E-state index >= 15 is 0 Å². The van der Waals surface area contributed by atoms with Gasteiger partial charge in [0.25, 0.3) is 0 Å². The third-order valence-electron chi connectivity index (χ3n) is 6.76. The van der Waals surface area contributed by atoms with Crippen molar-refractivity contribution in [2.75, 3.05) is 29.5 Å². The summed E-state index contributed by atoms with van der Waals surface area (Å²) in [6.45, 7) is 1.43. The Bertz CT molecular complexity index is 1110. The summed E-state index contributed by atoms with van der Waals surface area (Å²) in [6, 6.07) is 9.25. The SMILES string of the molecule is N#CC1(NC(=O)C2CCCCC2)CC1.O=S1CCN(c2ccc(-c3coc(C(F)(F)F)n3)cc2)CC1. The number of nitrogens with zero attached hydrogens (tertiary/aromatic N) is 3. The Morgan fingerprint density at radius 2 is 1.78 bits per heavy atom. The molecule has 1 aromatic carbocycles. The number of rotatable bonds is 4. The van der Waals surface area contributed by atoms with Crippen LogP contribution in [0.15, 0.2) is 34.9 Å². The Morgan fingerprint density at radius 3 is 2.31 bits per heavy atom. The van der Waals surface area contributed by atoms with Gasteiger partial charge in [-0.05, 0) is 37.8 Å². The summed E-state index contributed by atoms with van der Waals surface area (Å²) in [4.78, 5) is 17.3. The lowest BCUT2D eigenvalue weighted by molar-refractivity contribution is -0.157. The molecule has 7 nitrogen and oxygen atoms in total. The zero-order chi connectivity index (χ0) is 25.8. The highest BCUT2D eigenvalue weighted by Crippen LogP contribution is 2.35. The minimum atomic E-state index is -4.58. The number of carbonyl (C=O) groups excluding carboxylic acids is 1. The van der Waals surface area contributed by atoms with Crippen LogP contribution in [0.3, 0.4) is 0 Å². The second-order valence-corrected chi connectivity index (χ2v) is 11.1. The van der Waals surface area contributed by atoms with Crippen molar-refractivity contribution in [1.82, 2.24) is 10.3 Å². The zero-order valence-corrected chi connectivity index (χ0v) is 20.7. The van der Waals surface area contributed by atoms with Gasteiger partial charge in [0.2, 0.25) is 5.91 Å². The fraction of sp³-hybridized carbons (Fsp3) is 0.560. The highest BCUT2D eigenvalue weighted by Gasteiger charge is 2.45. The molecule has 1 amide bonds. The van der Waals surface area contributed by atoms with Crippen LogP contribution in [0.1, 0.15) is 50.8 Å². The number of nitrogens with one attached hydrogen (secondary N) is 1. The topological polar surface area (TPSA) is 99.2 Å². The van der Waals surface area contributed by atoms with Crippen LogP contribution in [0.5, 0.6) is 0 Å². The normalized spacial score (nSPS) is 20.1. The Kier molecular flexibility index (Phi) is 8.03. The fourth-order valence-electron chi connectivity index (χ4n) is 4.37. The Hall–Kier alpha value is -2.87. The molecule has 194 valence electrons. The molecule has 0 bridgehead atoms. The average Bonchev–Trinajstić information content (AvgIpc) is 3.46. The number of halogens is 3. The van der Waals surface area contributed by atoms with Gasteiger partial charge >= 0.3 is 12.1 Å². The molecule has 2 aliphatic carbocycles. The summed E-state index contributed by atoms with van der Waals surface area (Å²) in [7, 11) is -0.745. The number of amides is 1. The second-order valence-electron chi connectivity index (χ2n) is 9.44. The summed E-state index contributed by atoms with van der Waals surface area (Å²) in [5.41, 5.74) is 1.19. The number of alkyl halides is 3. The lowest BCUT2D eigenvalue weighted by atomic mass is 9.88. The lowest BCUT2D eigenvalue weighted by Gasteiger charge is -2.28.